The van der Waals surface area contributed by atoms with Crippen molar-refractivity contribution in [1.29, 1.82) is 0 Å². The molecule has 3 nitrogen and oxygen atoms in total. The van der Waals surface area contributed by atoms with Gasteiger partial charge in [-0.05, 0) is 49.1 Å². The van der Waals surface area contributed by atoms with Crippen LogP contribution in [0.25, 0.3) is 0 Å². The van der Waals surface area contributed by atoms with E-state index in [0.717, 1.165) is 27.8 Å². The molecule has 0 spiro atoms. The summed E-state index contributed by atoms with van der Waals surface area (Å²) in [6, 6.07) is 3.82. The molecule has 0 saturated carbocycles. The van der Waals surface area contributed by atoms with Crippen LogP contribution in [0.3, 0.4) is 0 Å². The number of phenolic OH excluding ortho intramolecular Hbond substituents is 2. The second-order valence-corrected chi connectivity index (χ2v) is 4.59. The standard InChI is InChI=1S/C15H17NO2/c1-9-10(2)15(18)13(11(3)14(9)17)7-12-5-4-6-16-8-12/h4-6,8,17-18H,7H2,1-3H3. The van der Waals surface area contributed by atoms with Crippen LogP contribution >= 0.6 is 0 Å². The number of aromatic nitrogens is 1. The minimum Gasteiger partial charge on any atom is -0.507 e. The third kappa shape index (κ3) is 2.04. The van der Waals surface area contributed by atoms with Crippen molar-refractivity contribution >= 4 is 0 Å². The van der Waals surface area contributed by atoms with Gasteiger partial charge < -0.3 is 10.2 Å². The molecule has 0 aliphatic heterocycles. The molecule has 0 unspecified atom stereocenters. The minimum absolute atomic E-state index is 0.268. The first-order chi connectivity index (χ1) is 8.52. The molecule has 0 aliphatic carbocycles. The van der Waals surface area contributed by atoms with Gasteiger partial charge in [-0.1, -0.05) is 6.07 Å². The van der Waals surface area contributed by atoms with Crippen molar-refractivity contribution < 1.29 is 10.2 Å². The van der Waals surface area contributed by atoms with Gasteiger partial charge in [-0.25, -0.2) is 0 Å². The van der Waals surface area contributed by atoms with Gasteiger partial charge in [0.15, 0.2) is 0 Å². The third-order valence-electron chi connectivity index (χ3n) is 3.47. The second-order valence-electron chi connectivity index (χ2n) is 4.59. The largest absolute Gasteiger partial charge is 0.507 e. The van der Waals surface area contributed by atoms with Crippen LogP contribution in [0.4, 0.5) is 0 Å². The fourth-order valence-electron chi connectivity index (χ4n) is 2.11. The molecule has 0 saturated heterocycles. The first kappa shape index (κ1) is 12.4. The Labute approximate surface area is 107 Å². The van der Waals surface area contributed by atoms with E-state index in [9.17, 15) is 10.2 Å². The van der Waals surface area contributed by atoms with E-state index in [2.05, 4.69) is 4.98 Å². The summed E-state index contributed by atoms with van der Waals surface area (Å²) in [6.45, 7) is 5.45. The summed E-state index contributed by atoms with van der Waals surface area (Å²) in [5.41, 5.74) is 3.98. The Hall–Kier alpha value is -2.03. The Morgan fingerprint density at radius 1 is 1.00 bits per heavy atom. The van der Waals surface area contributed by atoms with E-state index in [1.165, 1.54) is 0 Å². The van der Waals surface area contributed by atoms with Crippen LogP contribution < -0.4 is 0 Å². The number of aromatic hydroxyl groups is 2. The van der Waals surface area contributed by atoms with Crippen molar-refractivity contribution in [3.05, 3.63) is 52.3 Å². The predicted octanol–water partition coefficient (Wildman–Crippen LogP) is 3.01. The summed E-state index contributed by atoms with van der Waals surface area (Å²) in [4.78, 5) is 4.06. The average Bonchev–Trinajstić information content (AvgIpc) is 2.40. The highest BCUT2D eigenvalue weighted by Gasteiger charge is 2.16. The molecule has 2 rings (SSSR count). The van der Waals surface area contributed by atoms with E-state index in [4.69, 9.17) is 0 Å². The topological polar surface area (TPSA) is 53.4 Å². The lowest BCUT2D eigenvalue weighted by atomic mass is 9.94. The Morgan fingerprint density at radius 2 is 1.67 bits per heavy atom. The molecule has 3 heteroatoms. The van der Waals surface area contributed by atoms with Crippen LogP contribution in [0.2, 0.25) is 0 Å². The summed E-state index contributed by atoms with van der Waals surface area (Å²) in [5, 5.41) is 20.3. The van der Waals surface area contributed by atoms with Crippen molar-refractivity contribution in [1.82, 2.24) is 4.98 Å². The van der Waals surface area contributed by atoms with Crippen LogP contribution in [0.1, 0.15) is 27.8 Å². The second kappa shape index (κ2) is 4.69. The summed E-state index contributed by atoms with van der Waals surface area (Å²) in [5.74, 6) is 0.538. The normalized spacial score (nSPS) is 10.6. The Balaban J connectivity index is 2.52. The molecule has 2 aromatic rings. The van der Waals surface area contributed by atoms with Gasteiger partial charge in [-0.15, -0.1) is 0 Å². The monoisotopic (exact) mass is 243 g/mol. The summed E-state index contributed by atoms with van der Waals surface area (Å²) in [7, 11) is 0. The van der Waals surface area contributed by atoms with Crippen molar-refractivity contribution in [2.45, 2.75) is 27.2 Å². The zero-order valence-corrected chi connectivity index (χ0v) is 10.9. The Morgan fingerprint density at radius 3 is 2.28 bits per heavy atom. The maximum Gasteiger partial charge on any atom is 0.122 e. The fourth-order valence-corrected chi connectivity index (χ4v) is 2.11. The molecular weight excluding hydrogens is 226 g/mol. The van der Waals surface area contributed by atoms with Gasteiger partial charge in [0.1, 0.15) is 11.5 Å². The molecule has 0 aliphatic rings. The van der Waals surface area contributed by atoms with E-state index in [0.29, 0.717) is 6.42 Å². The fraction of sp³-hybridized carbons (Fsp3) is 0.267. The number of benzene rings is 1. The molecule has 1 aromatic heterocycles. The smallest absolute Gasteiger partial charge is 0.122 e. The third-order valence-corrected chi connectivity index (χ3v) is 3.47. The Bertz CT molecular complexity index is 548. The van der Waals surface area contributed by atoms with Crippen LogP contribution in [0.5, 0.6) is 11.5 Å². The van der Waals surface area contributed by atoms with Crippen LogP contribution in [0, 0.1) is 20.8 Å². The number of pyridine rings is 1. The van der Waals surface area contributed by atoms with E-state index >= 15 is 0 Å². The van der Waals surface area contributed by atoms with Gasteiger partial charge in [0.2, 0.25) is 0 Å². The molecule has 2 N–H and O–H groups in total. The van der Waals surface area contributed by atoms with E-state index in [1.807, 2.05) is 32.9 Å². The van der Waals surface area contributed by atoms with Crippen LogP contribution in [0.15, 0.2) is 24.5 Å². The SMILES string of the molecule is Cc1c(C)c(O)c(Cc2cccnc2)c(C)c1O. The maximum atomic E-state index is 10.2. The van der Waals surface area contributed by atoms with Crippen LogP contribution in [-0.4, -0.2) is 15.2 Å². The molecule has 0 atom stereocenters. The van der Waals surface area contributed by atoms with Crippen molar-refractivity contribution in [2.24, 2.45) is 0 Å². The van der Waals surface area contributed by atoms with Crippen molar-refractivity contribution in [2.75, 3.05) is 0 Å². The van der Waals surface area contributed by atoms with E-state index < -0.39 is 0 Å². The molecule has 0 bridgehead atoms. The summed E-state index contributed by atoms with van der Waals surface area (Å²) in [6.07, 6.45) is 4.05. The Kier molecular flexibility index (Phi) is 3.24. The highest BCUT2D eigenvalue weighted by molar-refractivity contribution is 5.57. The van der Waals surface area contributed by atoms with Gasteiger partial charge in [0.25, 0.3) is 0 Å². The van der Waals surface area contributed by atoms with Gasteiger partial charge in [-0.2, -0.15) is 0 Å². The van der Waals surface area contributed by atoms with Crippen LogP contribution in [-0.2, 0) is 6.42 Å². The number of rotatable bonds is 2. The zero-order valence-electron chi connectivity index (χ0n) is 10.9. The predicted molar refractivity (Wildman–Crippen MR) is 71.0 cm³/mol. The van der Waals surface area contributed by atoms with Gasteiger partial charge in [0.05, 0.1) is 0 Å². The molecule has 94 valence electrons. The minimum atomic E-state index is 0.268. The highest BCUT2D eigenvalue weighted by Crippen LogP contribution is 2.37. The molecule has 0 amide bonds. The number of phenols is 2. The molecule has 18 heavy (non-hydrogen) atoms. The van der Waals surface area contributed by atoms with E-state index in [-0.39, 0.29) is 11.5 Å². The number of hydrogen-bond donors (Lipinski definition) is 2. The molecule has 0 fully saturated rings. The van der Waals surface area contributed by atoms with E-state index in [1.54, 1.807) is 12.4 Å². The highest BCUT2D eigenvalue weighted by atomic mass is 16.3. The van der Waals surface area contributed by atoms with Gasteiger partial charge >= 0.3 is 0 Å². The molecule has 1 aromatic carbocycles. The first-order valence-electron chi connectivity index (χ1n) is 5.91. The van der Waals surface area contributed by atoms with Gasteiger partial charge in [0, 0.05) is 24.4 Å². The van der Waals surface area contributed by atoms with Gasteiger partial charge in [-0.3, -0.25) is 4.98 Å². The van der Waals surface area contributed by atoms with Crippen molar-refractivity contribution in [3.63, 3.8) is 0 Å². The number of nitrogens with zero attached hydrogens (tertiary/aromatic N) is 1. The molecule has 1 heterocycles. The lowest BCUT2D eigenvalue weighted by Gasteiger charge is -2.15. The first-order valence-corrected chi connectivity index (χ1v) is 5.91. The maximum absolute atomic E-state index is 10.2. The molecular formula is C15H17NO2. The number of hydrogen-bond acceptors (Lipinski definition) is 3. The summed E-state index contributed by atoms with van der Waals surface area (Å²) < 4.78 is 0. The quantitative estimate of drug-likeness (QED) is 0.797. The summed E-state index contributed by atoms with van der Waals surface area (Å²) >= 11 is 0. The lowest BCUT2D eigenvalue weighted by molar-refractivity contribution is 0.444. The zero-order chi connectivity index (χ0) is 13.3. The molecule has 0 radical (unpaired) electrons. The van der Waals surface area contributed by atoms with Crippen molar-refractivity contribution in [3.8, 4) is 11.5 Å². The lowest BCUT2D eigenvalue weighted by Crippen LogP contribution is -1.98. The average molecular weight is 243 g/mol.